The Labute approximate surface area is 207 Å². The molecule has 1 aliphatic heterocycles. The van der Waals surface area contributed by atoms with Gasteiger partial charge in [0.1, 0.15) is 18.1 Å². The summed E-state index contributed by atoms with van der Waals surface area (Å²) >= 11 is 6.27. The summed E-state index contributed by atoms with van der Waals surface area (Å²) in [5, 5.41) is 28.2. The van der Waals surface area contributed by atoms with Crippen LogP contribution >= 0.6 is 11.6 Å². The number of hydrogen-bond donors (Lipinski definition) is 2. The van der Waals surface area contributed by atoms with Gasteiger partial charge in [0.05, 0.1) is 17.1 Å². The third-order valence-electron chi connectivity index (χ3n) is 6.34. The van der Waals surface area contributed by atoms with Crippen LogP contribution in [0.3, 0.4) is 0 Å². The van der Waals surface area contributed by atoms with Crippen molar-refractivity contribution in [2.24, 2.45) is 0 Å². The number of nitriles is 1. The summed E-state index contributed by atoms with van der Waals surface area (Å²) in [6, 6.07) is 17.1. The summed E-state index contributed by atoms with van der Waals surface area (Å²) in [5.74, 6) is 0.835. The Balaban J connectivity index is 1.30. The first-order valence-corrected chi connectivity index (χ1v) is 11.7. The van der Waals surface area contributed by atoms with E-state index >= 15 is 0 Å². The second-order valence-corrected chi connectivity index (χ2v) is 9.00. The number of aliphatic hydroxyl groups excluding tert-OH is 1. The van der Waals surface area contributed by atoms with E-state index in [-0.39, 0.29) is 5.56 Å². The predicted molar refractivity (Wildman–Crippen MR) is 134 cm³/mol. The zero-order chi connectivity index (χ0) is 24.4. The van der Waals surface area contributed by atoms with Gasteiger partial charge in [-0.3, -0.25) is 9.69 Å². The van der Waals surface area contributed by atoms with Crippen molar-refractivity contribution >= 4 is 28.2 Å². The van der Waals surface area contributed by atoms with E-state index < -0.39 is 6.23 Å². The Bertz CT molecular complexity index is 1460. The number of rotatable bonds is 5. The molecule has 4 aromatic rings. The molecule has 1 aliphatic rings. The lowest BCUT2D eigenvalue weighted by molar-refractivity contribution is -0.00173. The number of anilines is 1. The quantitative estimate of drug-likeness (QED) is 0.445. The maximum atomic E-state index is 12.2. The molecular formula is C26H23ClN6O2. The number of hydrogen-bond acceptors (Lipinski definition) is 7. The predicted octanol–water partition coefficient (Wildman–Crippen LogP) is 3.25. The van der Waals surface area contributed by atoms with Crippen molar-refractivity contribution in [2.45, 2.75) is 12.6 Å². The van der Waals surface area contributed by atoms with Crippen LogP contribution in [0.2, 0.25) is 5.02 Å². The molecule has 0 spiro atoms. The van der Waals surface area contributed by atoms with Crippen LogP contribution in [0.5, 0.6) is 0 Å². The lowest BCUT2D eigenvalue weighted by Gasteiger charge is -2.38. The van der Waals surface area contributed by atoms with Crippen molar-refractivity contribution < 1.29 is 5.11 Å². The number of fused-ring (bicyclic) bond motifs is 1. The summed E-state index contributed by atoms with van der Waals surface area (Å²) in [6.45, 7) is 2.82. The van der Waals surface area contributed by atoms with Crippen molar-refractivity contribution in [1.82, 2.24) is 20.1 Å². The molecule has 0 saturated carbocycles. The molecule has 0 bridgehead atoms. The first kappa shape index (κ1) is 23.0. The first-order chi connectivity index (χ1) is 17.0. The van der Waals surface area contributed by atoms with Crippen molar-refractivity contribution in [2.75, 3.05) is 31.1 Å². The average Bonchev–Trinajstić information content (AvgIpc) is 2.89. The number of aromatic nitrogens is 3. The molecule has 35 heavy (non-hydrogen) atoms. The summed E-state index contributed by atoms with van der Waals surface area (Å²) in [5.41, 5.74) is 2.99. The second kappa shape index (κ2) is 9.84. The van der Waals surface area contributed by atoms with Crippen molar-refractivity contribution in [3.8, 4) is 6.07 Å². The fraction of sp³-hybridized carbons (Fsp3) is 0.231. The molecular weight excluding hydrogens is 464 g/mol. The Hall–Kier alpha value is -3.77. The second-order valence-electron chi connectivity index (χ2n) is 8.56. The third kappa shape index (κ3) is 4.88. The van der Waals surface area contributed by atoms with Crippen LogP contribution in [0.25, 0.3) is 10.8 Å². The van der Waals surface area contributed by atoms with Gasteiger partial charge in [0.25, 0.3) is 5.56 Å². The molecule has 1 fully saturated rings. The number of pyridine rings is 1. The van der Waals surface area contributed by atoms with Gasteiger partial charge in [-0.15, -0.1) is 0 Å². The molecule has 2 aromatic heterocycles. The summed E-state index contributed by atoms with van der Waals surface area (Å²) in [6.07, 6.45) is 3.05. The van der Waals surface area contributed by atoms with Gasteiger partial charge in [0, 0.05) is 42.8 Å². The number of halogens is 1. The zero-order valence-electron chi connectivity index (χ0n) is 18.9. The van der Waals surface area contributed by atoms with E-state index in [1.807, 2.05) is 41.3 Å². The van der Waals surface area contributed by atoms with Gasteiger partial charge in [-0.25, -0.2) is 10.1 Å². The largest absolute Gasteiger partial charge is 0.374 e. The fourth-order valence-electron chi connectivity index (χ4n) is 4.51. The molecule has 176 valence electrons. The number of nitrogens with zero attached hydrogens (tertiary/aromatic N) is 5. The molecule has 8 nitrogen and oxygen atoms in total. The van der Waals surface area contributed by atoms with Crippen LogP contribution in [-0.2, 0) is 6.42 Å². The minimum Gasteiger partial charge on any atom is -0.374 e. The molecule has 1 saturated heterocycles. The topological polar surface area (TPSA) is 109 Å². The Morgan fingerprint density at radius 2 is 1.91 bits per heavy atom. The van der Waals surface area contributed by atoms with Gasteiger partial charge < -0.3 is 10.0 Å². The van der Waals surface area contributed by atoms with Crippen LogP contribution in [0.4, 0.5) is 5.82 Å². The standard InChI is InChI=1S/C26H23ClN6O2/c27-21-12-20(23-16-30-31-25(34)22(23)13-21)11-17-2-1-3-19(10-17)26(35)33-8-6-32(7-9-33)24-5-4-18(14-28)15-29-24/h1-5,10,12-13,15-16,26,35H,6-9,11H2,(H,31,34). The van der Waals surface area contributed by atoms with Crippen LogP contribution in [0, 0.1) is 11.3 Å². The number of aromatic amines is 1. The highest BCUT2D eigenvalue weighted by Crippen LogP contribution is 2.26. The highest BCUT2D eigenvalue weighted by Gasteiger charge is 2.24. The lowest BCUT2D eigenvalue weighted by atomic mass is 9.98. The highest BCUT2D eigenvalue weighted by molar-refractivity contribution is 6.31. The first-order valence-electron chi connectivity index (χ1n) is 11.3. The molecule has 1 unspecified atom stereocenters. The minimum atomic E-state index is -0.730. The van der Waals surface area contributed by atoms with Crippen LogP contribution in [0.1, 0.15) is 28.5 Å². The highest BCUT2D eigenvalue weighted by atomic mass is 35.5. The molecule has 9 heteroatoms. The number of aliphatic hydroxyl groups is 1. The van der Waals surface area contributed by atoms with E-state index in [1.54, 1.807) is 24.5 Å². The van der Waals surface area contributed by atoms with Crippen LogP contribution in [0.15, 0.2) is 65.7 Å². The molecule has 2 N–H and O–H groups in total. The summed E-state index contributed by atoms with van der Waals surface area (Å²) < 4.78 is 0. The van der Waals surface area contributed by atoms with Gasteiger partial charge in [-0.05, 0) is 47.4 Å². The van der Waals surface area contributed by atoms with Gasteiger partial charge >= 0.3 is 0 Å². The van der Waals surface area contributed by atoms with Crippen molar-refractivity contribution in [1.29, 1.82) is 5.26 Å². The van der Waals surface area contributed by atoms with E-state index in [1.165, 1.54) is 0 Å². The van der Waals surface area contributed by atoms with E-state index in [4.69, 9.17) is 16.9 Å². The molecule has 0 amide bonds. The molecule has 0 aliphatic carbocycles. The Kier molecular flexibility index (Phi) is 6.47. The number of nitrogens with one attached hydrogen (secondary N) is 1. The number of piperazine rings is 1. The van der Waals surface area contributed by atoms with Gasteiger partial charge in [0.15, 0.2) is 0 Å². The summed E-state index contributed by atoms with van der Waals surface area (Å²) in [4.78, 5) is 20.7. The lowest BCUT2D eigenvalue weighted by Crippen LogP contribution is -2.48. The van der Waals surface area contributed by atoms with Gasteiger partial charge in [-0.2, -0.15) is 10.4 Å². The Morgan fingerprint density at radius 1 is 1.09 bits per heavy atom. The van der Waals surface area contributed by atoms with E-state index in [2.05, 4.69) is 26.2 Å². The third-order valence-corrected chi connectivity index (χ3v) is 6.56. The molecule has 5 rings (SSSR count). The SMILES string of the molecule is N#Cc1ccc(N2CCN(C(O)c3cccc(Cc4cc(Cl)cc5c(=O)[nH]ncc45)c3)CC2)nc1. The zero-order valence-corrected chi connectivity index (χ0v) is 19.6. The van der Waals surface area contributed by atoms with Gasteiger partial charge in [0.2, 0.25) is 0 Å². The monoisotopic (exact) mass is 486 g/mol. The maximum absolute atomic E-state index is 12.2. The smallest absolute Gasteiger partial charge is 0.272 e. The molecule has 0 radical (unpaired) electrons. The van der Waals surface area contributed by atoms with E-state index in [9.17, 15) is 9.90 Å². The number of benzene rings is 2. The maximum Gasteiger partial charge on any atom is 0.272 e. The van der Waals surface area contributed by atoms with Crippen molar-refractivity contribution in [3.63, 3.8) is 0 Å². The summed E-state index contributed by atoms with van der Waals surface area (Å²) in [7, 11) is 0. The molecule has 3 heterocycles. The number of H-pyrrole nitrogens is 1. The van der Waals surface area contributed by atoms with Crippen LogP contribution in [-0.4, -0.2) is 51.4 Å². The Morgan fingerprint density at radius 3 is 2.66 bits per heavy atom. The van der Waals surface area contributed by atoms with Crippen molar-refractivity contribution in [3.05, 3.63) is 98.6 Å². The van der Waals surface area contributed by atoms with E-state index in [0.717, 1.165) is 41.0 Å². The fourth-order valence-corrected chi connectivity index (χ4v) is 4.75. The average molecular weight is 487 g/mol. The normalized spacial score (nSPS) is 15.2. The molecule has 1 atom stereocenters. The molecule has 2 aromatic carbocycles. The van der Waals surface area contributed by atoms with Crippen LogP contribution < -0.4 is 10.5 Å². The van der Waals surface area contributed by atoms with Gasteiger partial charge in [-0.1, -0.05) is 35.9 Å². The minimum absolute atomic E-state index is 0.272. The van der Waals surface area contributed by atoms with E-state index in [0.29, 0.717) is 35.5 Å².